The van der Waals surface area contributed by atoms with Gasteiger partial charge < -0.3 is 46.0 Å². The second-order valence-corrected chi connectivity index (χ2v) is 15.4. The Labute approximate surface area is 317 Å². The minimum atomic E-state index is -5.14. The lowest BCUT2D eigenvalue weighted by Gasteiger charge is -2.41. The van der Waals surface area contributed by atoms with Gasteiger partial charge >= 0.3 is 7.82 Å². The first-order valence-corrected chi connectivity index (χ1v) is 21.2. The molecule has 0 radical (unpaired) electrons. The number of hydrogen-bond donors (Lipinski definition) is 9. The van der Waals surface area contributed by atoms with Gasteiger partial charge in [-0.2, -0.15) is 0 Å². The molecule has 0 aromatic carbocycles. The van der Waals surface area contributed by atoms with E-state index in [2.05, 4.69) is 55.6 Å². The van der Waals surface area contributed by atoms with E-state index >= 15 is 0 Å². The number of aliphatic hydroxyl groups is 7. The Hall–Kier alpha value is -1.74. The van der Waals surface area contributed by atoms with Crippen LogP contribution in [0.3, 0.4) is 0 Å². The molecule has 1 fully saturated rings. The third-order valence-corrected chi connectivity index (χ3v) is 10.1. The average Bonchev–Trinajstić information content (AvgIpc) is 3.12. The normalized spacial score (nSPS) is 25.4. The summed E-state index contributed by atoms with van der Waals surface area (Å²) < 4.78 is 22.7. The van der Waals surface area contributed by atoms with Crippen molar-refractivity contribution < 1.29 is 59.0 Å². The SMILES string of the molecule is CCCCC/C=C\C=C/CCCCCCC(O)CC(=O)NC(COP(=O)(O)OC1C(O)C(O)C(O)C(O)C1O)C(O)/C=C/CC/C=C/CCCCCC. The van der Waals surface area contributed by atoms with Crippen LogP contribution in [0.15, 0.2) is 48.6 Å². The number of hydrogen-bond acceptors (Lipinski definition) is 11. The number of rotatable bonds is 30. The standard InChI is InChI=1S/C39H70NO12P/c1-3-5-7-9-11-13-15-16-17-18-20-22-24-26-30(41)28-33(43)40-31(32(42)27-25-23-21-19-14-12-10-8-6-4-2)29-51-53(49,50)52-39-37(47)35(45)34(44)36(46)38(39)48/h11,13-16,19,25,27,30-32,34-39,41-42,44-48H,3-10,12,17-18,20-24,26,28-29H2,1-2H3,(H,40,43)(H,49,50)/b13-11-,16-15-,19-14+,27-25+. The summed E-state index contributed by atoms with van der Waals surface area (Å²) in [6, 6.07) is -1.26. The van der Waals surface area contributed by atoms with E-state index in [4.69, 9.17) is 9.05 Å². The van der Waals surface area contributed by atoms with Crippen molar-refractivity contribution in [1.29, 1.82) is 0 Å². The highest BCUT2D eigenvalue weighted by molar-refractivity contribution is 7.47. The Morgan fingerprint density at radius 3 is 1.79 bits per heavy atom. The van der Waals surface area contributed by atoms with Gasteiger partial charge in [0.05, 0.1) is 31.3 Å². The van der Waals surface area contributed by atoms with Crippen LogP contribution in [0.4, 0.5) is 0 Å². The number of phosphoric ester groups is 1. The highest BCUT2D eigenvalue weighted by atomic mass is 31.2. The molecule has 53 heavy (non-hydrogen) atoms. The van der Waals surface area contributed by atoms with E-state index < -0.39 is 75.2 Å². The monoisotopic (exact) mass is 775 g/mol. The van der Waals surface area contributed by atoms with E-state index in [1.165, 1.54) is 44.6 Å². The molecule has 13 nitrogen and oxygen atoms in total. The van der Waals surface area contributed by atoms with Crippen LogP contribution in [0, 0.1) is 0 Å². The second kappa shape index (κ2) is 29.5. The van der Waals surface area contributed by atoms with Gasteiger partial charge in [-0.3, -0.25) is 13.8 Å². The molecule has 8 atom stereocenters. The molecule has 0 aromatic heterocycles. The van der Waals surface area contributed by atoms with E-state index in [1.807, 2.05) is 0 Å². The summed E-state index contributed by atoms with van der Waals surface area (Å²) in [5.74, 6) is -0.621. The van der Waals surface area contributed by atoms with Crippen molar-refractivity contribution in [2.75, 3.05) is 6.61 Å². The van der Waals surface area contributed by atoms with E-state index in [0.29, 0.717) is 12.8 Å². The van der Waals surface area contributed by atoms with Crippen molar-refractivity contribution in [1.82, 2.24) is 5.32 Å². The van der Waals surface area contributed by atoms with Crippen molar-refractivity contribution in [3.05, 3.63) is 48.6 Å². The fourth-order valence-electron chi connectivity index (χ4n) is 5.83. The van der Waals surface area contributed by atoms with Crippen molar-refractivity contribution in [3.8, 4) is 0 Å². The number of carbonyl (C=O) groups is 1. The van der Waals surface area contributed by atoms with Gasteiger partial charge in [0.2, 0.25) is 5.91 Å². The number of carbonyl (C=O) groups excluding carboxylic acids is 1. The second-order valence-electron chi connectivity index (χ2n) is 14.0. The van der Waals surface area contributed by atoms with Gasteiger partial charge in [0.25, 0.3) is 0 Å². The van der Waals surface area contributed by atoms with Gasteiger partial charge in [-0.15, -0.1) is 0 Å². The van der Waals surface area contributed by atoms with Crippen LogP contribution in [0.1, 0.15) is 129 Å². The van der Waals surface area contributed by atoms with Crippen molar-refractivity contribution in [2.24, 2.45) is 0 Å². The molecule has 1 aliphatic carbocycles. The number of unbranched alkanes of at least 4 members (excludes halogenated alkanes) is 12. The summed E-state index contributed by atoms with van der Waals surface area (Å²) in [6.45, 7) is 3.60. The number of aliphatic hydroxyl groups excluding tert-OH is 7. The predicted octanol–water partition coefficient (Wildman–Crippen LogP) is 4.80. The van der Waals surface area contributed by atoms with Crippen LogP contribution in [0.25, 0.3) is 0 Å². The minimum absolute atomic E-state index is 0.269. The summed E-state index contributed by atoms with van der Waals surface area (Å²) in [5.41, 5.74) is 0. The molecule has 0 bridgehead atoms. The quantitative estimate of drug-likeness (QED) is 0.0208. The lowest BCUT2D eigenvalue weighted by molar-refractivity contribution is -0.220. The fraction of sp³-hybridized carbons (Fsp3) is 0.769. The lowest BCUT2D eigenvalue weighted by Crippen LogP contribution is -2.64. The maximum atomic E-state index is 12.9. The fourth-order valence-corrected chi connectivity index (χ4v) is 6.80. The Morgan fingerprint density at radius 2 is 1.17 bits per heavy atom. The topological polar surface area (TPSA) is 226 Å². The van der Waals surface area contributed by atoms with Crippen molar-refractivity contribution in [2.45, 2.75) is 184 Å². The number of allylic oxidation sites excluding steroid dienone is 7. The molecule has 8 unspecified atom stereocenters. The Kier molecular flexibility index (Phi) is 27.5. The predicted molar refractivity (Wildman–Crippen MR) is 206 cm³/mol. The molecule has 1 saturated carbocycles. The van der Waals surface area contributed by atoms with Crippen molar-refractivity contribution >= 4 is 13.7 Å². The molecule has 14 heteroatoms. The van der Waals surface area contributed by atoms with E-state index in [9.17, 15) is 50.0 Å². The average molecular weight is 776 g/mol. The summed E-state index contributed by atoms with van der Waals surface area (Å²) in [4.78, 5) is 23.2. The third-order valence-electron chi connectivity index (χ3n) is 9.16. The van der Waals surface area contributed by atoms with E-state index in [1.54, 1.807) is 6.08 Å². The van der Waals surface area contributed by atoms with Crippen LogP contribution >= 0.6 is 7.82 Å². The van der Waals surface area contributed by atoms with Crippen LogP contribution in [-0.2, 0) is 18.4 Å². The Morgan fingerprint density at radius 1 is 0.679 bits per heavy atom. The zero-order valence-electron chi connectivity index (χ0n) is 31.9. The van der Waals surface area contributed by atoms with Crippen LogP contribution in [0.2, 0.25) is 0 Å². The lowest BCUT2D eigenvalue weighted by atomic mass is 9.85. The van der Waals surface area contributed by atoms with Gasteiger partial charge in [0.1, 0.15) is 36.6 Å². The molecule has 1 aliphatic rings. The van der Waals surface area contributed by atoms with Gasteiger partial charge in [0.15, 0.2) is 0 Å². The summed E-state index contributed by atoms with van der Waals surface area (Å²) in [5, 5.41) is 73.9. The molecule has 1 rings (SSSR count). The molecule has 9 N–H and O–H groups in total. The molecule has 0 aromatic rings. The summed E-state index contributed by atoms with van der Waals surface area (Å²) in [6.07, 6.45) is 18.0. The minimum Gasteiger partial charge on any atom is -0.393 e. The summed E-state index contributed by atoms with van der Waals surface area (Å²) in [7, 11) is -5.14. The maximum absolute atomic E-state index is 12.9. The first-order chi connectivity index (χ1) is 25.3. The first kappa shape index (κ1) is 49.3. The van der Waals surface area contributed by atoms with Gasteiger partial charge in [-0.1, -0.05) is 114 Å². The maximum Gasteiger partial charge on any atom is 0.472 e. The van der Waals surface area contributed by atoms with Crippen LogP contribution < -0.4 is 5.32 Å². The van der Waals surface area contributed by atoms with Crippen molar-refractivity contribution in [3.63, 3.8) is 0 Å². The Bertz CT molecular complexity index is 1100. The molecule has 0 heterocycles. The highest BCUT2D eigenvalue weighted by Crippen LogP contribution is 2.47. The van der Waals surface area contributed by atoms with E-state index in [0.717, 1.165) is 57.8 Å². The molecular weight excluding hydrogens is 705 g/mol. The highest BCUT2D eigenvalue weighted by Gasteiger charge is 2.51. The molecule has 308 valence electrons. The largest absolute Gasteiger partial charge is 0.472 e. The molecule has 0 saturated heterocycles. The molecule has 0 aliphatic heterocycles. The first-order valence-electron chi connectivity index (χ1n) is 19.7. The number of amides is 1. The Balaban J connectivity index is 2.67. The van der Waals surface area contributed by atoms with Crippen LogP contribution in [0.5, 0.6) is 0 Å². The van der Waals surface area contributed by atoms with Gasteiger partial charge in [-0.25, -0.2) is 4.57 Å². The smallest absolute Gasteiger partial charge is 0.393 e. The third kappa shape index (κ3) is 22.4. The zero-order chi connectivity index (χ0) is 39.5. The van der Waals surface area contributed by atoms with E-state index in [-0.39, 0.29) is 6.42 Å². The molecule has 0 spiro atoms. The molecule has 1 amide bonds. The van der Waals surface area contributed by atoms with Crippen LogP contribution in [-0.4, -0.2) is 108 Å². The number of nitrogens with one attached hydrogen (secondary N) is 1. The molecular formula is C39H70NO12P. The van der Waals surface area contributed by atoms with Gasteiger partial charge in [-0.05, 0) is 57.8 Å². The zero-order valence-corrected chi connectivity index (χ0v) is 32.8. The van der Waals surface area contributed by atoms with Gasteiger partial charge in [0, 0.05) is 0 Å². The number of phosphoric acid groups is 1. The summed E-state index contributed by atoms with van der Waals surface area (Å²) >= 11 is 0.